The van der Waals surface area contributed by atoms with Crippen LogP contribution in [0.3, 0.4) is 0 Å². The summed E-state index contributed by atoms with van der Waals surface area (Å²) in [5.41, 5.74) is 0.616. The van der Waals surface area contributed by atoms with Crippen molar-refractivity contribution in [3.8, 4) is 12.5 Å². The van der Waals surface area contributed by atoms with E-state index in [2.05, 4.69) is 21.4 Å². The first-order chi connectivity index (χ1) is 15.3. The second-order valence-corrected chi connectivity index (χ2v) is 8.81. The van der Waals surface area contributed by atoms with Crippen molar-refractivity contribution < 1.29 is 28.7 Å². The van der Waals surface area contributed by atoms with Gasteiger partial charge in [0.1, 0.15) is 24.2 Å². The Balaban J connectivity index is 3.31. The molecule has 0 spiro atoms. The molecule has 9 heteroatoms. The van der Waals surface area contributed by atoms with Crippen molar-refractivity contribution in [2.75, 3.05) is 13.7 Å². The van der Waals surface area contributed by atoms with Crippen molar-refractivity contribution in [2.45, 2.75) is 59.2 Å². The maximum atomic E-state index is 13.4. The van der Waals surface area contributed by atoms with Crippen LogP contribution in [0.4, 0.5) is 4.79 Å². The Morgan fingerprint density at radius 1 is 1.12 bits per heavy atom. The van der Waals surface area contributed by atoms with Crippen LogP contribution in [0.5, 0.6) is 0 Å². The molecule has 1 aromatic carbocycles. The van der Waals surface area contributed by atoms with Gasteiger partial charge in [0.15, 0.2) is 0 Å². The van der Waals surface area contributed by atoms with Crippen molar-refractivity contribution >= 4 is 23.9 Å². The molecular weight excluding hydrogens is 426 g/mol. The number of ether oxygens (including phenoxy) is 2. The van der Waals surface area contributed by atoms with Gasteiger partial charge in [-0.3, -0.25) is 19.3 Å². The van der Waals surface area contributed by atoms with Gasteiger partial charge in [0.05, 0.1) is 7.11 Å². The van der Waals surface area contributed by atoms with E-state index in [0.29, 0.717) is 5.56 Å². The molecule has 0 heterocycles. The lowest BCUT2D eigenvalue weighted by molar-refractivity contribution is -0.143. The number of terminal acetylenes is 1. The van der Waals surface area contributed by atoms with Crippen molar-refractivity contribution in [3.05, 3.63) is 35.4 Å². The number of hydrogen-bond acceptors (Lipinski definition) is 6. The van der Waals surface area contributed by atoms with E-state index in [1.165, 1.54) is 7.11 Å². The summed E-state index contributed by atoms with van der Waals surface area (Å²) in [6.45, 7) is 10.0. The molecule has 0 radical (unpaired) electrons. The molecule has 1 aromatic rings. The van der Waals surface area contributed by atoms with Gasteiger partial charge in [0.25, 0.3) is 5.91 Å². The first-order valence-corrected chi connectivity index (χ1v) is 10.5. The maximum Gasteiger partial charge on any atom is 0.408 e. The molecule has 1 rings (SSSR count). The number of alkyl carbamates (subject to hydrolysis) is 1. The number of aryl methyl sites for hydroxylation is 1. The molecule has 0 saturated carbocycles. The maximum absolute atomic E-state index is 13.4. The molecule has 0 aliphatic rings. The number of hydrogen-bond donors (Lipinski definition) is 2. The lowest BCUT2D eigenvalue weighted by Gasteiger charge is -2.31. The van der Waals surface area contributed by atoms with E-state index in [-0.39, 0.29) is 5.92 Å². The molecule has 0 bridgehead atoms. The normalized spacial score (nSPS) is 12.7. The van der Waals surface area contributed by atoms with Crippen LogP contribution in [0.1, 0.15) is 51.8 Å². The Hall–Kier alpha value is -3.54. The monoisotopic (exact) mass is 459 g/mol. The third-order valence-electron chi connectivity index (χ3n) is 4.52. The summed E-state index contributed by atoms with van der Waals surface area (Å²) >= 11 is 0. The standard InChI is InChI=1S/C24H33N3O6/c1-9-27(22(30)19(15(2)3)26-23(31)33-24(5,6)7)20(17-12-10-16(4)11-13-17)21(29)25-14-18(28)32-8/h1,10-13,15,19-20H,14H2,2-8H3,(H,25,29)(H,26,31). The fraction of sp³-hybridized carbons (Fsp3) is 0.500. The molecule has 0 fully saturated rings. The Morgan fingerprint density at radius 2 is 1.70 bits per heavy atom. The molecule has 9 nitrogen and oxygen atoms in total. The summed E-state index contributed by atoms with van der Waals surface area (Å²) < 4.78 is 9.82. The third kappa shape index (κ3) is 8.48. The lowest BCUT2D eigenvalue weighted by atomic mass is 9.99. The summed E-state index contributed by atoms with van der Waals surface area (Å²) in [6.07, 6.45) is 4.89. The van der Waals surface area contributed by atoms with Crippen molar-refractivity contribution in [1.29, 1.82) is 0 Å². The SMILES string of the molecule is C#CN(C(=O)C(NC(=O)OC(C)(C)C)C(C)C)C(C(=O)NCC(=O)OC)c1ccc(C)cc1. The van der Waals surface area contributed by atoms with E-state index in [1.807, 2.05) is 6.92 Å². The topological polar surface area (TPSA) is 114 Å². The van der Waals surface area contributed by atoms with Crippen LogP contribution in [0.15, 0.2) is 24.3 Å². The number of nitrogens with zero attached hydrogens (tertiary/aromatic N) is 1. The fourth-order valence-electron chi connectivity index (χ4n) is 2.86. The van der Waals surface area contributed by atoms with E-state index < -0.39 is 48.1 Å². The minimum Gasteiger partial charge on any atom is -0.468 e. The van der Waals surface area contributed by atoms with Gasteiger partial charge in [0.2, 0.25) is 5.91 Å². The number of esters is 1. The Bertz CT molecular complexity index is 896. The zero-order valence-corrected chi connectivity index (χ0v) is 20.2. The number of amides is 3. The highest BCUT2D eigenvalue weighted by Crippen LogP contribution is 2.23. The second kappa shape index (κ2) is 11.9. The number of nitrogens with one attached hydrogen (secondary N) is 2. The fourth-order valence-corrected chi connectivity index (χ4v) is 2.86. The Kier molecular flexibility index (Phi) is 9.92. The van der Waals surface area contributed by atoms with Crippen LogP contribution in [0, 0.1) is 25.3 Å². The van der Waals surface area contributed by atoms with Gasteiger partial charge in [-0.15, -0.1) is 0 Å². The molecule has 180 valence electrons. The van der Waals surface area contributed by atoms with Crippen LogP contribution in [-0.4, -0.2) is 54.1 Å². The molecule has 2 atom stereocenters. The zero-order valence-electron chi connectivity index (χ0n) is 20.2. The minimum atomic E-state index is -1.24. The molecule has 2 unspecified atom stereocenters. The van der Waals surface area contributed by atoms with Gasteiger partial charge >= 0.3 is 12.1 Å². The van der Waals surface area contributed by atoms with E-state index in [0.717, 1.165) is 10.5 Å². The summed E-state index contributed by atoms with van der Waals surface area (Å²) in [5.74, 6) is -2.36. The number of benzene rings is 1. The summed E-state index contributed by atoms with van der Waals surface area (Å²) in [6, 6.07) is 6.85. The first kappa shape index (κ1) is 27.5. The molecule has 0 aromatic heterocycles. The van der Waals surface area contributed by atoms with E-state index >= 15 is 0 Å². The molecule has 0 aliphatic heterocycles. The van der Waals surface area contributed by atoms with Crippen LogP contribution in [0.2, 0.25) is 0 Å². The van der Waals surface area contributed by atoms with Crippen molar-refractivity contribution in [3.63, 3.8) is 0 Å². The Morgan fingerprint density at radius 3 is 2.15 bits per heavy atom. The summed E-state index contributed by atoms with van der Waals surface area (Å²) in [7, 11) is 1.19. The highest BCUT2D eigenvalue weighted by molar-refractivity contribution is 5.94. The molecule has 2 N–H and O–H groups in total. The highest BCUT2D eigenvalue weighted by atomic mass is 16.6. The van der Waals surface area contributed by atoms with Gasteiger partial charge in [-0.2, -0.15) is 0 Å². The van der Waals surface area contributed by atoms with Crippen LogP contribution in [0.25, 0.3) is 0 Å². The Labute approximate surface area is 195 Å². The van der Waals surface area contributed by atoms with Crippen LogP contribution < -0.4 is 10.6 Å². The highest BCUT2D eigenvalue weighted by Gasteiger charge is 2.37. The summed E-state index contributed by atoms with van der Waals surface area (Å²) in [4.78, 5) is 51.2. The zero-order chi connectivity index (χ0) is 25.3. The number of carbonyl (C=O) groups excluding carboxylic acids is 4. The van der Waals surface area contributed by atoms with Crippen molar-refractivity contribution in [1.82, 2.24) is 15.5 Å². The minimum absolute atomic E-state index is 0.363. The van der Waals surface area contributed by atoms with E-state index in [1.54, 1.807) is 58.9 Å². The average Bonchev–Trinajstić information content (AvgIpc) is 2.72. The molecular formula is C24H33N3O6. The van der Waals surface area contributed by atoms with E-state index in [4.69, 9.17) is 11.2 Å². The number of methoxy groups -OCH3 is 1. The predicted octanol–water partition coefficient (Wildman–Crippen LogP) is 2.29. The second-order valence-electron chi connectivity index (χ2n) is 8.81. The number of carbonyl (C=O) groups is 4. The lowest BCUT2D eigenvalue weighted by Crippen LogP contribution is -2.53. The average molecular weight is 460 g/mol. The van der Waals surface area contributed by atoms with Gasteiger partial charge in [-0.25, -0.2) is 4.79 Å². The van der Waals surface area contributed by atoms with Crippen molar-refractivity contribution in [2.24, 2.45) is 5.92 Å². The van der Waals surface area contributed by atoms with Crippen LogP contribution >= 0.6 is 0 Å². The molecule has 3 amide bonds. The predicted molar refractivity (Wildman–Crippen MR) is 123 cm³/mol. The van der Waals surface area contributed by atoms with Gasteiger partial charge in [-0.05, 0) is 39.2 Å². The molecule has 0 aliphatic carbocycles. The molecule has 0 saturated heterocycles. The van der Waals surface area contributed by atoms with Gasteiger partial charge in [-0.1, -0.05) is 50.1 Å². The third-order valence-corrected chi connectivity index (χ3v) is 4.52. The first-order valence-electron chi connectivity index (χ1n) is 10.5. The largest absolute Gasteiger partial charge is 0.468 e. The summed E-state index contributed by atoms with van der Waals surface area (Å²) in [5, 5.41) is 4.99. The van der Waals surface area contributed by atoms with Gasteiger partial charge in [0, 0.05) is 6.04 Å². The van der Waals surface area contributed by atoms with Gasteiger partial charge < -0.3 is 20.1 Å². The molecule has 33 heavy (non-hydrogen) atoms. The smallest absolute Gasteiger partial charge is 0.408 e. The van der Waals surface area contributed by atoms with Crippen LogP contribution in [-0.2, 0) is 23.9 Å². The quantitative estimate of drug-likeness (QED) is 0.350. The van der Waals surface area contributed by atoms with E-state index in [9.17, 15) is 19.2 Å². The number of rotatable bonds is 8.